The molecule has 1 rings (SSSR count). The Bertz CT molecular complexity index is 438. The van der Waals surface area contributed by atoms with Crippen molar-refractivity contribution in [2.45, 2.75) is 19.3 Å². The third-order valence-electron chi connectivity index (χ3n) is 2.68. The fourth-order valence-corrected chi connectivity index (χ4v) is 3.43. The van der Waals surface area contributed by atoms with Crippen molar-refractivity contribution in [3.63, 3.8) is 0 Å². The first kappa shape index (κ1) is 15.8. The van der Waals surface area contributed by atoms with Gasteiger partial charge in [-0.25, -0.2) is 12.7 Å². The van der Waals surface area contributed by atoms with E-state index in [1.807, 2.05) is 0 Å². The summed E-state index contributed by atoms with van der Waals surface area (Å²) >= 11 is 0. The second kappa shape index (κ2) is 6.80. The van der Waals surface area contributed by atoms with E-state index in [2.05, 4.69) is 0 Å². The largest absolute Gasteiger partial charge is 0.379 e. The van der Waals surface area contributed by atoms with Crippen LogP contribution in [0.5, 0.6) is 0 Å². The van der Waals surface area contributed by atoms with Crippen LogP contribution in [-0.2, 0) is 24.9 Å². The molecule has 0 aliphatic carbocycles. The van der Waals surface area contributed by atoms with Crippen molar-refractivity contribution in [1.82, 2.24) is 4.31 Å². The molecule has 18 heavy (non-hydrogen) atoms. The van der Waals surface area contributed by atoms with Gasteiger partial charge in [-0.05, 0) is 12.8 Å². The van der Waals surface area contributed by atoms with Crippen LogP contribution in [-0.4, -0.2) is 63.5 Å². The number of sulfonamides is 1. The van der Waals surface area contributed by atoms with E-state index in [9.17, 15) is 16.8 Å². The summed E-state index contributed by atoms with van der Waals surface area (Å²) in [4.78, 5) is 0. The molecule has 0 aromatic rings. The maximum absolute atomic E-state index is 11.8. The SMILES string of the molecule is O=S(=O)(O)CCOCCS(=O)(=O)N1CCCCC1. The van der Waals surface area contributed by atoms with Gasteiger partial charge in [0.05, 0.1) is 24.7 Å². The molecule has 1 fully saturated rings. The van der Waals surface area contributed by atoms with E-state index in [1.54, 1.807) is 0 Å². The average molecular weight is 301 g/mol. The van der Waals surface area contributed by atoms with Gasteiger partial charge >= 0.3 is 0 Å². The van der Waals surface area contributed by atoms with Crippen molar-refractivity contribution in [3.05, 3.63) is 0 Å². The first-order valence-corrected chi connectivity index (χ1v) is 9.04. The minimum absolute atomic E-state index is 0.0612. The molecular formula is C9H19NO6S2. The molecule has 0 saturated carbocycles. The topological polar surface area (TPSA) is 101 Å². The summed E-state index contributed by atoms with van der Waals surface area (Å²) in [6.07, 6.45) is 2.81. The van der Waals surface area contributed by atoms with Crippen molar-refractivity contribution in [3.8, 4) is 0 Å². The van der Waals surface area contributed by atoms with Gasteiger partial charge in [-0.15, -0.1) is 0 Å². The van der Waals surface area contributed by atoms with Gasteiger partial charge in [-0.1, -0.05) is 6.42 Å². The molecule has 9 heteroatoms. The molecule has 7 nitrogen and oxygen atoms in total. The Kier molecular flexibility index (Phi) is 5.99. The molecule has 1 N–H and O–H groups in total. The number of ether oxygens (including phenoxy) is 1. The van der Waals surface area contributed by atoms with Crippen molar-refractivity contribution in [2.24, 2.45) is 0 Å². The van der Waals surface area contributed by atoms with Gasteiger partial charge < -0.3 is 4.74 Å². The third kappa shape index (κ3) is 6.10. The van der Waals surface area contributed by atoms with Crippen LogP contribution in [0.25, 0.3) is 0 Å². The fourth-order valence-electron chi connectivity index (χ4n) is 1.70. The van der Waals surface area contributed by atoms with Crippen LogP contribution in [0, 0.1) is 0 Å². The van der Waals surface area contributed by atoms with E-state index >= 15 is 0 Å². The summed E-state index contributed by atoms with van der Waals surface area (Å²) < 4.78 is 59.2. The molecule has 0 spiro atoms. The second-order valence-electron chi connectivity index (χ2n) is 4.17. The maximum Gasteiger partial charge on any atom is 0.267 e. The van der Waals surface area contributed by atoms with Gasteiger partial charge in [0, 0.05) is 13.1 Å². The minimum Gasteiger partial charge on any atom is -0.379 e. The summed E-state index contributed by atoms with van der Waals surface area (Å²) in [6.45, 7) is 0.837. The standard InChI is InChI=1S/C9H19NO6S2/c11-17(12,10-4-2-1-3-5-10)8-6-16-7-9-18(13,14)15/h1-9H2,(H,13,14,15). The summed E-state index contributed by atoms with van der Waals surface area (Å²) in [7, 11) is -7.35. The average Bonchev–Trinajstić information content (AvgIpc) is 2.28. The van der Waals surface area contributed by atoms with E-state index in [0.29, 0.717) is 13.1 Å². The highest BCUT2D eigenvalue weighted by Crippen LogP contribution is 2.13. The Morgan fingerprint density at radius 3 is 2.06 bits per heavy atom. The monoisotopic (exact) mass is 301 g/mol. The molecule has 1 saturated heterocycles. The lowest BCUT2D eigenvalue weighted by Gasteiger charge is -2.25. The summed E-state index contributed by atoms with van der Waals surface area (Å²) in [5.74, 6) is -0.671. The molecule has 0 unspecified atom stereocenters. The predicted octanol–water partition coefficient (Wildman–Crippen LogP) is -0.293. The van der Waals surface area contributed by atoms with E-state index in [0.717, 1.165) is 19.3 Å². The lowest BCUT2D eigenvalue weighted by molar-refractivity contribution is 0.162. The van der Waals surface area contributed by atoms with Gasteiger partial charge in [0.15, 0.2) is 0 Å². The van der Waals surface area contributed by atoms with Crippen molar-refractivity contribution >= 4 is 20.1 Å². The molecule has 1 aliphatic rings. The van der Waals surface area contributed by atoms with Crippen LogP contribution >= 0.6 is 0 Å². The highest BCUT2D eigenvalue weighted by atomic mass is 32.2. The smallest absolute Gasteiger partial charge is 0.267 e. The number of rotatable bonds is 7. The van der Waals surface area contributed by atoms with Crippen LogP contribution in [0.1, 0.15) is 19.3 Å². The molecule has 1 heterocycles. The summed E-state index contributed by atoms with van der Waals surface area (Å²) in [5, 5.41) is 0. The Labute approximate surface area is 108 Å². The van der Waals surface area contributed by atoms with Gasteiger partial charge in [-0.2, -0.15) is 8.42 Å². The van der Waals surface area contributed by atoms with Gasteiger partial charge in [0.25, 0.3) is 10.1 Å². The molecular weight excluding hydrogens is 282 g/mol. The van der Waals surface area contributed by atoms with Crippen molar-refractivity contribution in [2.75, 3.05) is 37.8 Å². The first-order valence-electron chi connectivity index (χ1n) is 5.82. The van der Waals surface area contributed by atoms with E-state index in [4.69, 9.17) is 9.29 Å². The number of hydrogen-bond donors (Lipinski definition) is 1. The molecule has 1 aliphatic heterocycles. The predicted molar refractivity (Wildman–Crippen MR) is 66.4 cm³/mol. The first-order chi connectivity index (χ1) is 8.31. The number of nitrogens with zero attached hydrogens (tertiary/aromatic N) is 1. The van der Waals surface area contributed by atoms with Crippen LogP contribution in [0.3, 0.4) is 0 Å². The molecule has 0 aromatic heterocycles. The molecule has 0 amide bonds. The zero-order valence-corrected chi connectivity index (χ0v) is 11.7. The normalized spacial score (nSPS) is 18.9. The molecule has 0 bridgehead atoms. The Morgan fingerprint density at radius 1 is 0.944 bits per heavy atom. The minimum atomic E-state index is -4.05. The lowest BCUT2D eigenvalue weighted by atomic mass is 10.2. The van der Waals surface area contributed by atoms with Gasteiger partial charge in [0.2, 0.25) is 10.0 Å². The highest BCUT2D eigenvalue weighted by molar-refractivity contribution is 7.89. The van der Waals surface area contributed by atoms with Crippen LogP contribution in [0.4, 0.5) is 0 Å². The van der Waals surface area contributed by atoms with Gasteiger partial charge in [-0.3, -0.25) is 4.55 Å². The summed E-state index contributed by atoms with van der Waals surface area (Å²) in [5.41, 5.74) is 0. The third-order valence-corrected chi connectivity index (χ3v) is 5.20. The zero-order chi connectivity index (χ0) is 13.6. The van der Waals surface area contributed by atoms with Crippen molar-refractivity contribution in [1.29, 1.82) is 0 Å². The van der Waals surface area contributed by atoms with Gasteiger partial charge in [0.1, 0.15) is 0 Å². The van der Waals surface area contributed by atoms with Crippen molar-refractivity contribution < 1.29 is 26.1 Å². The quantitative estimate of drug-likeness (QED) is 0.512. The fraction of sp³-hybridized carbons (Fsp3) is 1.00. The van der Waals surface area contributed by atoms with Crippen LogP contribution in [0.15, 0.2) is 0 Å². The molecule has 108 valence electrons. The molecule has 0 aromatic carbocycles. The second-order valence-corrected chi connectivity index (χ2v) is 7.83. The van der Waals surface area contributed by atoms with Crippen LogP contribution < -0.4 is 0 Å². The Morgan fingerprint density at radius 2 is 1.50 bits per heavy atom. The van der Waals surface area contributed by atoms with Crippen LogP contribution in [0.2, 0.25) is 0 Å². The molecule has 0 atom stereocenters. The maximum atomic E-state index is 11.8. The Hall–Kier alpha value is -0.220. The highest BCUT2D eigenvalue weighted by Gasteiger charge is 2.23. The Balaban J connectivity index is 2.25. The summed E-state index contributed by atoms with van der Waals surface area (Å²) in [6, 6.07) is 0. The molecule has 0 radical (unpaired) electrons. The lowest BCUT2D eigenvalue weighted by Crippen LogP contribution is -2.38. The number of piperidine rings is 1. The zero-order valence-electron chi connectivity index (χ0n) is 10.1. The van der Waals surface area contributed by atoms with E-state index < -0.39 is 25.9 Å². The van der Waals surface area contributed by atoms with E-state index in [1.165, 1.54) is 4.31 Å². The van der Waals surface area contributed by atoms with E-state index in [-0.39, 0.29) is 19.0 Å². The number of hydrogen-bond acceptors (Lipinski definition) is 5.